The van der Waals surface area contributed by atoms with Gasteiger partial charge < -0.3 is 15.2 Å². The Kier molecular flexibility index (Phi) is 5.89. The first kappa shape index (κ1) is 18.0. The standard InChI is InChI=1S/C21H23NO4/c23-19(24)7-4-14-26-18-12-10-17(11-13-18)22-21(25)20(16-8-9-16)15-5-2-1-3-6-15/h1-3,5-6,10-13,16,20H,4,7-9,14H2,(H,22,25)(H,23,24). The summed E-state index contributed by atoms with van der Waals surface area (Å²) >= 11 is 0. The summed E-state index contributed by atoms with van der Waals surface area (Å²) in [6.07, 6.45) is 2.75. The molecule has 2 N–H and O–H groups in total. The molecule has 1 aliphatic carbocycles. The van der Waals surface area contributed by atoms with E-state index in [0.29, 0.717) is 24.7 Å². The zero-order valence-electron chi connectivity index (χ0n) is 14.6. The molecule has 26 heavy (non-hydrogen) atoms. The number of aliphatic carboxylic acids is 1. The van der Waals surface area contributed by atoms with Crippen molar-refractivity contribution in [1.82, 2.24) is 0 Å². The molecule has 0 bridgehead atoms. The van der Waals surface area contributed by atoms with Crippen LogP contribution in [-0.2, 0) is 9.59 Å². The van der Waals surface area contributed by atoms with E-state index in [4.69, 9.17) is 9.84 Å². The first-order valence-electron chi connectivity index (χ1n) is 8.94. The summed E-state index contributed by atoms with van der Waals surface area (Å²) in [6, 6.07) is 17.1. The average molecular weight is 353 g/mol. The van der Waals surface area contributed by atoms with E-state index in [0.717, 1.165) is 24.1 Å². The zero-order valence-corrected chi connectivity index (χ0v) is 14.6. The average Bonchev–Trinajstić information content (AvgIpc) is 3.46. The van der Waals surface area contributed by atoms with Crippen molar-refractivity contribution in [2.24, 2.45) is 5.92 Å². The van der Waals surface area contributed by atoms with Crippen LogP contribution in [0.5, 0.6) is 5.75 Å². The van der Waals surface area contributed by atoms with Crippen molar-refractivity contribution < 1.29 is 19.4 Å². The number of carboxylic acid groups (broad SMARTS) is 1. The third-order valence-electron chi connectivity index (χ3n) is 4.46. The number of carboxylic acids is 1. The van der Waals surface area contributed by atoms with Gasteiger partial charge in [0.1, 0.15) is 5.75 Å². The second-order valence-corrected chi connectivity index (χ2v) is 6.59. The molecule has 0 aliphatic heterocycles. The van der Waals surface area contributed by atoms with Gasteiger partial charge >= 0.3 is 5.97 Å². The largest absolute Gasteiger partial charge is 0.494 e. The van der Waals surface area contributed by atoms with Gasteiger partial charge in [-0.15, -0.1) is 0 Å². The summed E-state index contributed by atoms with van der Waals surface area (Å²) in [5.41, 5.74) is 1.79. The van der Waals surface area contributed by atoms with Gasteiger partial charge in [0.05, 0.1) is 12.5 Å². The van der Waals surface area contributed by atoms with E-state index in [1.807, 2.05) is 30.3 Å². The normalized spacial score (nSPS) is 14.5. The van der Waals surface area contributed by atoms with Gasteiger partial charge in [-0.1, -0.05) is 30.3 Å². The molecule has 5 nitrogen and oxygen atoms in total. The lowest BCUT2D eigenvalue weighted by molar-refractivity contribution is -0.137. The van der Waals surface area contributed by atoms with Crippen LogP contribution in [0.25, 0.3) is 0 Å². The molecule has 1 unspecified atom stereocenters. The Labute approximate surface area is 153 Å². The SMILES string of the molecule is O=C(O)CCCOc1ccc(NC(=O)C(c2ccccc2)C2CC2)cc1. The molecule has 136 valence electrons. The molecule has 1 saturated carbocycles. The van der Waals surface area contributed by atoms with E-state index in [2.05, 4.69) is 5.32 Å². The summed E-state index contributed by atoms with van der Waals surface area (Å²) in [5, 5.41) is 11.6. The van der Waals surface area contributed by atoms with Crippen molar-refractivity contribution >= 4 is 17.6 Å². The molecular formula is C21H23NO4. The lowest BCUT2D eigenvalue weighted by Crippen LogP contribution is -2.22. The maximum atomic E-state index is 12.8. The van der Waals surface area contributed by atoms with Crippen LogP contribution in [-0.4, -0.2) is 23.6 Å². The van der Waals surface area contributed by atoms with Gasteiger partial charge in [0.25, 0.3) is 0 Å². The number of benzene rings is 2. The Balaban J connectivity index is 1.56. The number of ether oxygens (including phenoxy) is 1. The topological polar surface area (TPSA) is 75.6 Å². The van der Waals surface area contributed by atoms with Crippen LogP contribution in [0.2, 0.25) is 0 Å². The van der Waals surface area contributed by atoms with Crippen LogP contribution >= 0.6 is 0 Å². The fraction of sp³-hybridized carbons (Fsp3) is 0.333. The second kappa shape index (κ2) is 8.52. The highest BCUT2D eigenvalue weighted by Gasteiger charge is 2.37. The highest BCUT2D eigenvalue weighted by atomic mass is 16.5. The second-order valence-electron chi connectivity index (χ2n) is 6.59. The van der Waals surface area contributed by atoms with Gasteiger partial charge in [-0.3, -0.25) is 9.59 Å². The molecule has 2 aromatic carbocycles. The molecule has 0 saturated heterocycles. The lowest BCUT2D eigenvalue weighted by Gasteiger charge is -2.17. The van der Waals surface area contributed by atoms with Crippen molar-refractivity contribution in [3.63, 3.8) is 0 Å². The molecule has 5 heteroatoms. The van der Waals surface area contributed by atoms with Crippen LogP contribution < -0.4 is 10.1 Å². The molecule has 0 aromatic heterocycles. The minimum absolute atomic E-state index is 0.0221. The van der Waals surface area contributed by atoms with Crippen LogP contribution in [0, 0.1) is 5.92 Å². The Bertz CT molecular complexity index is 738. The summed E-state index contributed by atoms with van der Waals surface area (Å²) < 4.78 is 5.51. The van der Waals surface area contributed by atoms with E-state index in [9.17, 15) is 9.59 Å². The molecule has 2 aromatic rings. The fourth-order valence-electron chi connectivity index (χ4n) is 3.00. The van der Waals surface area contributed by atoms with Crippen molar-refractivity contribution in [3.05, 3.63) is 60.2 Å². The van der Waals surface area contributed by atoms with Gasteiger partial charge in [-0.2, -0.15) is 0 Å². The Morgan fingerprint density at radius 3 is 2.38 bits per heavy atom. The molecule has 0 radical (unpaired) electrons. The van der Waals surface area contributed by atoms with Crippen LogP contribution in [0.3, 0.4) is 0 Å². The quantitative estimate of drug-likeness (QED) is 0.667. The van der Waals surface area contributed by atoms with E-state index in [-0.39, 0.29) is 18.2 Å². The highest BCUT2D eigenvalue weighted by Crippen LogP contribution is 2.43. The predicted molar refractivity (Wildman–Crippen MR) is 99.3 cm³/mol. The maximum Gasteiger partial charge on any atom is 0.303 e. The first-order valence-corrected chi connectivity index (χ1v) is 8.94. The summed E-state index contributed by atoms with van der Waals surface area (Å²) in [7, 11) is 0. The molecular weight excluding hydrogens is 330 g/mol. The van der Waals surface area contributed by atoms with Gasteiger partial charge in [0, 0.05) is 12.1 Å². The number of amides is 1. The van der Waals surface area contributed by atoms with Gasteiger partial charge in [-0.25, -0.2) is 0 Å². The molecule has 0 spiro atoms. The van der Waals surface area contributed by atoms with E-state index < -0.39 is 5.97 Å². The molecule has 0 heterocycles. The lowest BCUT2D eigenvalue weighted by atomic mass is 9.93. The van der Waals surface area contributed by atoms with Gasteiger partial charge in [-0.05, 0) is 55.0 Å². The van der Waals surface area contributed by atoms with Crippen LogP contribution in [0.4, 0.5) is 5.69 Å². The minimum atomic E-state index is -0.824. The third kappa shape index (κ3) is 5.09. The summed E-state index contributed by atoms with van der Waals surface area (Å²) in [6.45, 7) is 0.357. The van der Waals surface area contributed by atoms with Crippen molar-refractivity contribution in [3.8, 4) is 5.75 Å². The number of rotatable bonds is 9. The number of hydrogen-bond donors (Lipinski definition) is 2. The van der Waals surface area contributed by atoms with Crippen molar-refractivity contribution in [1.29, 1.82) is 0 Å². The zero-order chi connectivity index (χ0) is 18.4. The maximum absolute atomic E-state index is 12.8. The first-order chi connectivity index (χ1) is 12.6. The highest BCUT2D eigenvalue weighted by molar-refractivity contribution is 5.96. The fourth-order valence-corrected chi connectivity index (χ4v) is 3.00. The molecule has 1 amide bonds. The predicted octanol–water partition coefficient (Wildman–Crippen LogP) is 4.06. The van der Waals surface area contributed by atoms with Crippen molar-refractivity contribution in [2.45, 2.75) is 31.6 Å². The molecule has 1 atom stereocenters. The van der Waals surface area contributed by atoms with Crippen molar-refractivity contribution in [2.75, 3.05) is 11.9 Å². The number of nitrogens with one attached hydrogen (secondary N) is 1. The number of carbonyl (C=O) groups is 2. The van der Waals surface area contributed by atoms with E-state index in [1.165, 1.54) is 0 Å². The Morgan fingerprint density at radius 1 is 1.08 bits per heavy atom. The number of carbonyl (C=O) groups excluding carboxylic acids is 1. The monoisotopic (exact) mass is 353 g/mol. The number of anilines is 1. The van der Waals surface area contributed by atoms with E-state index >= 15 is 0 Å². The molecule has 1 aliphatic rings. The van der Waals surface area contributed by atoms with E-state index in [1.54, 1.807) is 24.3 Å². The Hall–Kier alpha value is -2.82. The third-order valence-corrected chi connectivity index (χ3v) is 4.46. The molecule has 3 rings (SSSR count). The Morgan fingerprint density at radius 2 is 1.77 bits per heavy atom. The smallest absolute Gasteiger partial charge is 0.303 e. The number of hydrogen-bond acceptors (Lipinski definition) is 3. The van der Waals surface area contributed by atoms with Crippen LogP contribution in [0.15, 0.2) is 54.6 Å². The van der Waals surface area contributed by atoms with Gasteiger partial charge in [0.15, 0.2) is 0 Å². The molecule has 1 fully saturated rings. The summed E-state index contributed by atoms with van der Waals surface area (Å²) in [4.78, 5) is 23.2. The summed E-state index contributed by atoms with van der Waals surface area (Å²) in [5.74, 6) is 0.177. The minimum Gasteiger partial charge on any atom is -0.494 e. The van der Waals surface area contributed by atoms with Crippen LogP contribution in [0.1, 0.15) is 37.2 Å². The van der Waals surface area contributed by atoms with Gasteiger partial charge in [0.2, 0.25) is 5.91 Å².